The molecule has 0 aliphatic heterocycles. The van der Waals surface area contributed by atoms with Crippen LogP contribution in [-0.2, 0) is 19.1 Å². The number of halogens is 2. The molecule has 0 aromatic heterocycles. The molecular weight excluding hydrogens is 366 g/mol. The van der Waals surface area contributed by atoms with Crippen molar-refractivity contribution in [3.63, 3.8) is 0 Å². The number of benzene rings is 1. The smallest absolute Gasteiger partial charge is 0.229 e. The van der Waals surface area contributed by atoms with Gasteiger partial charge in [0.1, 0.15) is 0 Å². The van der Waals surface area contributed by atoms with Crippen LogP contribution in [0.2, 0.25) is 0 Å². The fraction of sp³-hybridized carbons (Fsp3) is 0.333. The molecule has 0 radical (unpaired) electrons. The monoisotopic (exact) mass is 377 g/mol. The number of anilines is 1. The summed E-state index contributed by atoms with van der Waals surface area (Å²) in [6.45, 7) is 1.90. The van der Waals surface area contributed by atoms with Crippen molar-refractivity contribution in [3.05, 3.63) is 28.2 Å². The van der Waals surface area contributed by atoms with Gasteiger partial charge in [0.05, 0.1) is 12.5 Å². The second kappa shape index (κ2) is 6.74. The Morgan fingerprint density at radius 3 is 1.94 bits per heavy atom. The van der Waals surface area contributed by atoms with Gasteiger partial charge in [-0.2, -0.15) is 0 Å². The number of aryl methyl sites for hydroxylation is 1. The molecule has 1 rings (SSSR count). The van der Waals surface area contributed by atoms with E-state index in [0.717, 1.165) is 22.5 Å². The minimum absolute atomic E-state index is 0.586. The zero-order valence-electron chi connectivity index (χ0n) is 9.94. The molecule has 0 saturated carbocycles. The Bertz CT molecular complexity index is 605. The second-order valence-electron chi connectivity index (χ2n) is 3.52. The van der Waals surface area contributed by atoms with E-state index in [2.05, 4.69) is 31.3 Å². The largest absolute Gasteiger partial charge is 0.284 e. The lowest BCUT2D eigenvalue weighted by atomic mass is 10.2. The van der Waals surface area contributed by atoms with E-state index in [-0.39, 0.29) is 0 Å². The summed E-state index contributed by atoms with van der Waals surface area (Å²) in [5.74, 6) is 0. The van der Waals surface area contributed by atoms with Crippen LogP contribution in [0.5, 0.6) is 0 Å². The van der Waals surface area contributed by atoms with Crippen LogP contribution >= 0.6 is 26.6 Å². The van der Waals surface area contributed by atoms with E-state index in [9.17, 15) is 16.8 Å². The second-order valence-corrected chi connectivity index (χ2v) is 9.17. The summed E-state index contributed by atoms with van der Waals surface area (Å²) in [4.78, 5) is 0. The predicted molar refractivity (Wildman–Crippen MR) is 78.0 cm³/mol. The summed E-state index contributed by atoms with van der Waals surface area (Å²) < 4.78 is 43.9. The molecule has 0 fully saturated rings. The minimum Gasteiger partial charge on any atom is -0.284 e. The van der Waals surface area contributed by atoms with Crippen molar-refractivity contribution >= 4 is 51.4 Å². The van der Waals surface area contributed by atoms with E-state index in [1.54, 1.807) is 12.1 Å². The number of hydrogen-bond acceptors (Lipinski definition) is 4. The fourth-order valence-corrected chi connectivity index (χ4v) is 1.72. The molecule has 9 heteroatoms. The zero-order valence-corrected chi connectivity index (χ0v) is 13.9. The number of hydrogen-bond donors (Lipinski definition) is 1. The maximum atomic E-state index is 10.9. The van der Waals surface area contributed by atoms with Crippen LogP contribution in [0.1, 0.15) is 5.56 Å². The predicted octanol–water partition coefficient (Wildman–Crippen LogP) is 2.31. The first-order valence-corrected chi connectivity index (χ1v) is 9.92. The van der Waals surface area contributed by atoms with E-state index in [4.69, 9.17) is 0 Å². The summed E-state index contributed by atoms with van der Waals surface area (Å²) in [5, 5.41) is 0. The standard InChI is InChI=1S/C8H10BrNO2S.CH3ClO2S/c1-6-5-7(3-4-8(6)9)10-13(2,11)12;1-5(2,3)4/h3-5,10H,1-2H3;1H3. The molecule has 0 amide bonds. The van der Waals surface area contributed by atoms with Gasteiger partial charge in [0.2, 0.25) is 19.1 Å². The van der Waals surface area contributed by atoms with Crippen molar-refractivity contribution < 1.29 is 16.8 Å². The molecule has 5 nitrogen and oxygen atoms in total. The van der Waals surface area contributed by atoms with Gasteiger partial charge in [0.25, 0.3) is 0 Å². The van der Waals surface area contributed by atoms with Gasteiger partial charge in [-0.3, -0.25) is 4.72 Å². The lowest BCUT2D eigenvalue weighted by Gasteiger charge is -2.05. The molecule has 1 aromatic rings. The average Bonchev–Trinajstić information content (AvgIpc) is 2.06. The molecule has 0 aliphatic rings. The zero-order chi connectivity index (χ0) is 14.6. The first-order chi connectivity index (χ1) is 7.88. The quantitative estimate of drug-likeness (QED) is 0.801. The first kappa shape index (κ1) is 17.7. The molecule has 0 aliphatic carbocycles. The Morgan fingerprint density at radius 2 is 1.61 bits per heavy atom. The molecule has 104 valence electrons. The molecular formula is C9H13BrClNO4S2. The fourth-order valence-electron chi connectivity index (χ4n) is 0.922. The number of sulfonamides is 1. The Hall–Kier alpha value is -0.310. The van der Waals surface area contributed by atoms with E-state index < -0.39 is 19.1 Å². The normalized spacial score (nSPS) is 11.4. The van der Waals surface area contributed by atoms with Gasteiger partial charge in [-0.05, 0) is 30.7 Å². The highest BCUT2D eigenvalue weighted by atomic mass is 79.9. The van der Waals surface area contributed by atoms with Crippen molar-refractivity contribution in [2.24, 2.45) is 0 Å². The number of nitrogens with one attached hydrogen (secondary N) is 1. The van der Waals surface area contributed by atoms with Crippen LogP contribution in [0.4, 0.5) is 5.69 Å². The summed E-state index contributed by atoms with van der Waals surface area (Å²) in [6, 6.07) is 5.28. The molecule has 0 unspecified atom stereocenters. The van der Waals surface area contributed by atoms with Gasteiger partial charge in [-0.15, -0.1) is 0 Å². The highest BCUT2D eigenvalue weighted by molar-refractivity contribution is 9.10. The molecule has 0 atom stereocenters. The van der Waals surface area contributed by atoms with Gasteiger partial charge < -0.3 is 0 Å². The van der Waals surface area contributed by atoms with Crippen LogP contribution in [0, 0.1) is 6.92 Å². The van der Waals surface area contributed by atoms with Crippen LogP contribution in [-0.4, -0.2) is 29.3 Å². The Morgan fingerprint density at radius 1 is 1.17 bits per heavy atom. The van der Waals surface area contributed by atoms with Crippen molar-refractivity contribution in [2.45, 2.75) is 6.92 Å². The van der Waals surface area contributed by atoms with Crippen molar-refractivity contribution in [2.75, 3.05) is 17.2 Å². The highest BCUT2D eigenvalue weighted by Gasteiger charge is 2.02. The summed E-state index contributed by atoms with van der Waals surface area (Å²) in [7, 11) is -1.86. The topological polar surface area (TPSA) is 80.3 Å². The average molecular weight is 379 g/mol. The third-order valence-corrected chi connectivity index (χ3v) is 2.96. The maximum absolute atomic E-state index is 10.9. The Kier molecular flexibility index (Phi) is 6.62. The third kappa shape index (κ3) is 10.8. The first-order valence-electron chi connectivity index (χ1n) is 4.52. The lowest BCUT2D eigenvalue weighted by Crippen LogP contribution is -2.09. The maximum Gasteiger partial charge on any atom is 0.229 e. The van der Waals surface area contributed by atoms with E-state index in [1.165, 1.54) is 0 Å². The van der Waals surface area contributed by atoms with Crippen LogP contribution in [0.15, 0.2) is 22.7 Å². The minimum atomic E-state index is -3.19. The van der Waals surface area contributed by atoms with Gasteiger partial charge in [0, 0.05) is 20.8 Å². The molecule has 0 bridgehead atoms. The van der Waals surface area contributed by atoms with Gasteiger partial charge >= 0.3 is 0 Å². The SMILES string of the molecule is CS(=O)(=O)Cl.Cc1cc(NS(C)(=O)=O)ccc1Br. The summed E-state index contributed by atoms with van der Waals surface area (Å²) in [6.07, 6.45) is 2.05. The van der Waals surface area contributed by atoms with E-state index in [0.29, 0.717) is 5.69 Å². The Labute approximate surface area is 120 Å². The molecule has 1 aromatic carbocycles. The number of rotatable bonds is 2. The molecule has 18 heavy (non-hydrogen) atoms. The molecule has 0 spiro atoms. The van der Waals surface area contributed by atoms with Crippen molar-refractivity contribution in [1.29, 1.82) is 0 Å². The Balaban J connectivity index is 0.000000494. The van der Waals surface area contributed by atoms with Crippen LogP contribution in [0.25, 0.3) is 0 Å². The van der Waals surface area contributed by atoms with Gasteiger partial charge in [0.15, 0.2) is 0 Å². The molecule has 0 saturated heterocycles. The molecule has 0 heterocycles. The third-order valence-electron chi connectivity index (χ3n) is 1.46. The van der Waals surface area contributed by atoms with Crippen LogP contribution < -0.4 is 4.72 Å². The lowest BCUT2D eigenvalue weighted by molar-refractivity contribution is 0.606. The van der Waals surface area contributed by atoms with Crippen LogP contribution in [0.3, 0.4) is 0 Å². The highest BCUT2D eigenvalue weighted by Crippen LogP contribution is 2.20. The molecule has 1 N–H and O–H groups in total. The van der Waals surface area contributed by atoms with Crippen molar-refractivity contribution in [3.8, 4) is 0 Å². The van der Waals surface area contributed by atoms with Crippen molar-refractivity contribution in [1.82, 2.24) is 0 Å². The van der Waals surface area contributed by atoms with E-state index in [1.807, 2.05) is 13.0 Å². The summed E-state index contributed by atoms with van der Waals surface area (Å²) >= 11 is 3.33. The van der Waals surface area contributed by atoms with E-state index >= 15 is 0 Å². The summed E-state index contributed by atoms with van der Waals surface area (Å²) in [5.41, 5.74) is 1.58. The van der Waals surface area contributed by atoms with Gasteiger partial charge in [-0.25, -0.2) is 16.8 Å². The van der Waals surface area contributed by atoms with Gasteiger partial charge in [-0.1, -0.05) is 15.9 Å².